The predicted octanol–water partition coefficient (Wildman–Crippen LogP) is 0.954. The van der Waals surface area contributed by atoms with Gasteiger partial charge in [-0.05, 0) is 24.3 Å². The Morgan fingerprint density at radius 3 is 2.82 bits per heavy atom. The Hall–Kier alpha value is -2.91. The van der Waals surface area contributed by atoms with Crippen LogP contribution >= 0.6 is 0 Å². The first-order valence-corrected chi connectivity index (χ1v) is 8.86. The summed E-state index contributed by atoms with van der Waals surface area (Å²) >= 11 is 0. The zero-order chi connectivity index (χ0) is 19.9. The minimum atomic E-state index is -0.372. The van der Waals surface area contributed by atoms with Crippen molar-refractivity contribution in [2.24, 2.45) is 0 Å². The van der Waals surface area contributed by atoms with Crippen molar-refractivity contribution in [3.8, 4) is 17.1 Å². The molecule has 1 atom stereocenters. The Bertz CT molecular complexity index is 804. The van der Waals surface area contributed by atoms with Crippen LogP contribution in [0, 0.1) is 0 Å². The zero-order valence-corrected chi connectivity index (χ0v) is 15.8. The van der Waals surface area contributed by atoms with E-state index in [9.17, 15) is 9.59 Å². The second-order valence-electron chi connectivity index (χ2n) is 6.23. The third kappa shape index (κ3) is 4.68. The van der Waals surface area contributed by atoms with Gasteiger partial charge in [0.2, 0.25) is 5.91 Å². The highest BCUT2D eigenvalue weighted by atomic mass is 16.5. The molecule has 2 heterocycles. The van der Waals surface area contributed by atoms with Gasteiger partial charge >= 0.3 is 0 Å². The molecule has 1 unspecified atom stereocenters. The summed E-state index contributed by atoms with van der Waals surface area (Å²) in [4.78, 5) is 30.1. The summed E-state index contributed by atoms with van der Waals surface area (Å²) in [5.41, 5.74) is 0.905. The average molecular weight is 389 g/mol. The summed E-state index contributed by atoms with van der Waals surface area (Å²) in [6, 6.07) is 7.14. The lowest BCUT2D eigenvalue weighted by Crippen LogP contribution is -2.51. The van der Waals surface area contributed by atoms with Gasteiger partial charge in [0.1, 0.15) is 12.4 Å². The molecule has 2 amide bonds. The number of nitrogens with zero attached hydrogens (tertiary/aromatic N) is 2. The van der Waals surface area contributed by atoms with Crippen LogP contribution in [-0.4, -0.2) is 74.9 Å². The van der Waals surface area contributed by atoms with Gasteiger partial charge in [0.25, 0.3) is 5.91 Å². The van der Waals surface area contributed by atoms with Gasteiger partial charge in [-0.1, -0.05) is 0 Å². The highest BCUT2D eigenvalue weighted by molar-refractivity contribution is 5.97. The average Bonchev–Trinajstić information content (AvgIpc) is 3.22. The number of benzene rings is 1. The van der Waals surface area contributed by atoms with E-state index >= 15 is 0 Å². The molecule has 1 N–H and O–H groups in total. The molecule has 1 aliphatic rings. The van der Waals surface area contributed by atoms with Crippen molar-refractivity contribution < 1.29 is 28.2 Å². The first-order chi connectivity index (χ1) is 13.6. The molecule has 0 radical (unpaired) electrons. The molecule has 0 saturated carbocycles. The monoisotopic (exact) mass is 389 g/mol. The Morgan fingerprint density at radius 2 is 2.11 bits per heavy atom. The van der Waals surface area contributed by atoms with E-state index in [1.807, 2.05) is 0 Å². The van der Waals surface area contributed by atoms with Gasteiger partial charge < -0.3 is 28.8 Å². The quantitative estimate of drug-likeness (QED) is 0.717. The van der Waals surface area contributed by atoms with Crippen LogP contribution < -0.4 is 10.1 Å². The molecule has 1 saturated heterocycles. The number of hydrogen-bond donors (Lipinski definition) is 1. The molecular formula is C19H23N3O6. The van der Waals surface area contributed by atoms with Crippen molar-refractivity contribution in [2.75, 3.05) is 47.1 Å². The van der Waals surface area contributed by atoms with E-state index in [2.05, 4.69) is 10.3 Å². The number of carbonyl (C=O) groups excluding carboxylic acids is 2. The molecular weight excluding hydrogens is 366 g/mol. The molecule has 3 rings (SSSR count). The van der Waals surface area contributed by atoms with Crippen molar-refractivity contribution in [3.63, 3.8) is 0 Å². The highest BCUT2D eigenvalue weighted by Crippen LogP contribution is 2.25. The van der Waals surface area contributed by atoms with Crippen molar-refractivity contribution in [3.05, 3.63) is 36.4 Å². The molecule has 1 fully saturated rings. The predicted molar refractivity (Wildman–Crippen MR) is 99.0 cm³/mol. The smallest absolute Gasteiger partial charge is 0.274 e. The molecule has 0 bridgehead atoms. The summed E-state index contributed by atoms with van der Waals surface area (Å²) in [5.74, 6) is 0.624. The summed E-state index contributed by atoms with van der Waals surface area (Å²) in [6.07, 6.45) is 0.936. The second kappa shape index (κ2) is 9.34. The van der Waals surface area contributed by atoms with Gasteiger partial charge in [-0.3, -0.25) is 9.59 Å². The fraction of sp³-hybridized carbons (Fsp3) is 0.421. The molecule has 0 spiro atoms. The van der Waals surface area contributed by atoms with E-state index in [0.717, 1.165) is 0 Å². The van der Waals surface area contributed by atoms with E-state index in [0.29, 0.717) is 36.8 Å². The number of oxazole rings is 1. The number of morpholine rings is 1. The molecule has 150 valence electrons. The van der Waals surface area contributed by atoms with Crippen LogP contribution in [-0.2, 0) is 14.3 Å². The van der Waals surface area contributed by atoms with Gasteiger partial charge in [0.05, 0.1) is 19.8 Å². The Morgan fingerprint density at radius 1 is 1.32 bits per heavy atom. The van der Waals surface area contributed by atoms with Crippen molar-refractivity contribution in [1.29, 1.82) is 0 Å². The van der Waals surface area contributed by atoms with Crippen molar-refractivity contribution >= 4 is 11.8 Å². The van der Waals surface area contributed by atoms with E-state index in [1.165, 1.54) is 6.39 Å². The first-order valence-electron chi connectivity index (χ1n) is 8.86. The number of ether oxygens (including phenoxy) is 3. The lowest BCUT2D eigenvalue weighted by molar-refractivity contribution is -0.149. The first kappa shape index (κ1) is 19.8. The highest BCUT2D eigenvalue weighted by Gasteiger charge is 2.27. The maximum Gasteiger partial charge on any atom is 0.274 e. The van der Waals surface area contributed by atoms with Gasteiger partial charge in [0, 0.05) is 32.3 Å². The number of amides is 2. The number of hydrogen-bond acceptors (Lipinski definition) is 7. The van der Waals surface area contributed by atoms with Gasteiger partial charge in [0.15, 0.2) is 17.8 Å². The number of nitrogens with one attached hydrogen (secondary N) is 1. The van der Waals surface area contributed by atoms with Crippen LogP contribution in [0.3, 0.4) is 0 Å². The SMILES string of the molecule is COCCN1CC(CNC(=O)c2ncoc2-c2ccc(OC)cc2)OCC1=O. The lowest BCUT2D eigenvalue weighted by Gasteiger charge is -2.32. The van der Waals surface area contributed by atoms with E-state index in [1.54, 1.807) is 43.4 Å². The third-order valence-corrected chi connectivity index (χ3v) is 4.41. The molecule has 1 aromatic carbocycles. The van der Waals surface area contributed by atoms with Crippen molar-refractivity contribution in [2.45, 2.75) is 6.10 Å². The molecule has 9 nitrogen and oxygen atoms in total. The maximum absolute atomic E-state index is 12.6. The molecule has 2 aromatic rings. The van der Waals surface area contributed by atoms with Crippen LogP contribution in [0.15, 0.2) is 35.1 Å². The summed E-state index contributed by atoms with van der Waals surface area (Å²) < 4.78 is 21.1. The summed E-state index contributed by atoms with van der Waals surface area (Å²) in [6.45, 7) is 1.59. The molecule has 1 aliphatic heterocycles. The Labute approximate surface area is 162 Å². The number of rotatable bonds is 8. The van der Waals surface area contributed by atoms with Crippen LogP contribution in [0.4, 0.5) is 0 Å². The van der Waals surface area contributed by atoms with Crippen LogP contribution in [0.5, 0.6) is 5.75 Å². The van der Waals surface area contributed by atoms with Gasteiger partial charge in [-0.2, -0.15) is 0 Å². The molecule has 28 heavy (non-hydrogen) atoms. The Kier molecular flexibility index (Phi) is 6.62. The van der Waals surface area contributed by atoms with E-state index in [4.69, 9.17) is 18.6 Å². The van der Waals surface area contributed by atoms with E-state index < -0.39 is 0 Å². The van der Waals surface area contributed by atoms with Crippen LogP contribution in [0.1, 0.15) is 10.5 Å². The molecule has 9 heteroatoms. The second-order valence-corrected chi connectivity index (χ2v) is 6.23. The van der Waals surface area contributed by atoms with Gasteiger partial charge in [-0.15, -0.1) is 0 Å². The van der Waals surface area contributed by atoms with E-state index in [-0.39, 0.29) is 36.8 Å². The number of methoxy groups -OCH3 is 2. The minimum absolute atomic E-state index is 0.00862. The normalized spacial score (nSPS) is 16.9. The standard InChI is InChI=1S/C19H23N3O6/c1-25-8-7-22-10-15(27-11-16(22)23)9-20-19(24)17-18(28-12-21-17)13-3-5-14(26-2)6-4-13/h3-6,12,15H,7-11H2,1-2H3,(H,20,24). The summed E-state index contributed by atoms with van der Waals surface area (Å²) in [5, 5.41) is 2.80. The van der Waals surface area contributed by atoms with Crippen molar-refractivity contribution in [1.82, 2.24) is 15.2 Å². The number of aromatic nitrogens is 1. The fourth-order valence-corrected chi connectivity index (χ4v) is 2.87. The van der Waals surface area contributed by atoms with Gasteiger partial charge in [-0.25, -0.2) is 4.98 Å². The van der Waals surface area contributed by atoms with Crippen LogP contribution in [0.25, 0.3) is 11.3 Å². The lowest BCUT2D eigenvalue weighted by atomic mass is 10.1. The zero-order valence-electron chi connectivity index (χ0n) is 15.8. The molecule has 0 aliphatic carbocycles. The van der Waals surface area contributed by atoms with Crippen LogP contribution in [0.2, 0.25) is 0 Å². The maximum atomic E-state index is 12.6. The largest absolute Gasteiger partial charge is 0.497 e. The minimum Gasteiger partial charge on any atom is -0.497 e. The Balaban J connectivity index is 1.60. The summed E-state index contributed by atoms with van der Waals surface area (Å²) in [7, 11) is 3.17. The topological polar surface area (TPSA) is 103 Å². The fourth-order valence-electron chi connectivity index (χ4n) is 2.87. The third-order valence-electron chi connectivity index (χ3n) is 4.41. The number of carbonyl (C=O) groups is 2. The molecule has 1 aromatic heterocycles.